The Hall–Kier alpha value is -1.62. The second kappa shape index (κ2) is 7.09. The van der Waals surface area contributed by atoms with Gasteiger partial charge in [0.1, 0.15) is 5.82 Å². The Morgan fingerprint density at radius 1 is 1.42 bits per heavy atom. The lowest BCUT2D eigenvalue weighted by Gasteiger charge is -2.21. The SMILES string of the molecule is CCC(=O)NCCN(C(C)=O)c1ccc(F)c(Cl)c1. The number of hydrogen-bond acceptors (Lipinski definition) is 2. The second-order valence-electron chi connectivity index (χ2n) is 3.97. The molecule has 19 heavy (non-hydrogen) atoms. The van der Waals surface area contributed by atoms with Crippen molar-refractivity contribution < 1.29 is 14.0 Å². The third kappa shape index (κ3) is 4.52. The van der Waals surface area contributed by atoms with Crippen molar-refractivity contribution in [3.8, 4) is 0 Å². The Kier molecular flexibility index (Phi) is 5.76. The maximum absolute atomic E-state index is 13.1. The van der Waals surface area contributed by atoms with Gasteiger partial charge in [-0.3, -0.25) is 9.59 Å². The van der Waals surface area contributed by atoms with Crippen LogP contribution in [-0.4, -0.2) is 24.9 Å². The minimum Gasteiger partial charge on any atom is -0.354 e. The van der Waals surface area contributed by atoms with Gasteiger partial charge in [-0.05, 0) is 18.2 Å². The second-order valence-corrected chi connectivity index (χ2v) is 4.38. The average molecular weight is 287 g/mol. The van der Waals surface area contributed by atoms with Crippen molar-refractivity contribution in [1.29, 1.82) is 0 Å². The molecule has 0 unspecified atom stereocenters. The van der Waals surface area contributed by atoms with E-state index in [9.17, 15) is 14.0 Å². The van der Waals surface area contributed by atoms with E-state index in [0.29, 0.717) is 25.2 Å². The largest absolute Gasteiger partial charge is 0.354 e. The molecule has 4 nitrogen and oxygen atoms in total. The van der Waals surface area contributed by atoms with Crippen molar-refractivity contribution in [3.05, 3.63) is 29.0 Å². The van der Waals surface area contributed by atoms with Crippen LogP contribution in [0.25, 0.3) is 0 Å². The molecule has 0 saturated heterocycles. The van der Waals surface area contributed by atoms with Gasteiger partial charge in [0.15, 0.2) is 0 Å². The average Bonchev–Trinajstić information content (AvgIpc) is 2.37. The van der Waals surface area contributed by atoms with Gasteiger partial charge in [0, 0.05) is 32.1 Å². The highest BCUT2D eigenvalue weighted by atomic mass is 35.5. The minimum atomic E-state index is -0.534. The standard InChI is InChI=1S/C13H16ClFN2O2/c1-3-13(19)16-6-7-17(9(2)18)10-4-5-12(15)11(14)8-10/h4-5,8H,3,6-7H2,1-2H3,(H,16,19). The first-order valence-corrected chi connectivity index (χ1v) is 6.33. The number of amides is 2. The predicted octanol–water partition coefficient (Wildman–Crippen LogP) is 2.36. The molecule has 0 heterocycles. The summed E-state index contributed by atoms with van der Waals surface area (Å²) in [6, 6.07) is 4.07. The molecule has 0 aliphatic rings. The van der Waals surface area contributed by atoms with Crippen LogP contribution in [-0.2, 0) is 9.59 Å². The number of hydrogen-bond donors (Lipinski definition) is 1. The smallest absolute Gasteiger partial charge is 0.223 e. The lowest BCUT2D eigenvalue weighted by Crippen LogP contribution is -2.37. The number of nitrogens with one attached hydrogen (secondary N) is 1. The van der Waals surface area contributed by atoms with Gasteiger partial charge in [0.2, 0.25) is 11.8 Å². The monoisotopic (exact) mass is 286 g/mol. The summed E-state index contributed by atoms with van der Waals surface area (Å²) in [4.78, 5) is 24.1. The number of halogens is 2. The van der Waals surface area contributed by atoms with Gasteiger partial charge in [0.05, 0.1) is 5.02 Å². The third-order valence-electron chi connectivity index (χ3n) is 2.57. The molecular weight excluding hydrogens is 271 g/mol. The maximum Gasteiger partial charge on any atom is 0.223 e. The Labute approximate surface area is 116 Å². The van der Waals surface area contributed by atoms with E-state index >= 15 is 0 Å². The number of nitrogens with zero attached hydrogens (tertiary/aromatic N) is 1. The van der Waals surface area contributed by atoms with E-state index < -0.39 is 5.82 Å². The van der Waals surface area contributed by atoms with Gasteiger partial charge in [0.25, 0.3) is 0 Å². The molecule has 2 amide bonds. The molecule has 6 heteroatoms. The Bertz CT molecular complexity index is 480. The zero-order valence-electron chi connectivity index (χ0n) is 10.9. The van der Waals surface area contributed by atoms with E-state index in [1.165, 1.54) is 30.0 Å². The van der Waals surface area contributed by atoms with Crippen LogP contribution in [0.4, 0.5) is 10.1 Å². The first kappa shape index (κ1) is 15.4. The van der Waals surface area contributed by atoms with Crippen LogP contribution in [0.1, 0.15) is 20.3 Å². The van der Waals surface area contributed by atoms with Crippen LogP contribution in [0.2, 0.25) is 5.02 Å². The molecule has 0 aliphatic carbocycles. The van der Waals surface area contributed by atoms with Gasteiger partial charge >= 0.3 is 0 Å². The van der Waals surface area contributed by atoms with Crippen LogP contribution in [0, 0.1) is 5.82 Å². The Morgan fingerprint density at radius 2 is 2.11 bits per heavy atom. The van der Waals surface area contributed by atoms with Crippen LogP contribution < -0.4 is 10.2 Å². The molecule has 1 aromatic carbocycles. The number of carbonyl (C=O) groups is 2. The fraction of sp³-hybridized carbons (Fsp3) is 0.385. The van der Waals surface area contributed by atoms with Crippen LogP contribution in [0.3, 0.4) is 0 Å². The number of anilines is 1. The van der Waals surface area contributed by atoms with Crippen molar-refractivity contribution in [2.24, 2.45) is 0 Å². The molecule has 1 N–H and O–H groups in total. The van der Waals surface area contributed by atoms with Crippen molar-refractivity contribution in [2.75, 3.05) is 18.0 Å². The lowest BCUT2D eigenvalue weighted by atomic mass is 10.2. The Balaban J connectivity index is 2.74. The highest BCUT2D eigenvalue weighted by Gasteiger charge is 2.13. The molecule has 104 valence electrons. The molecule has 1 aromatic rings. The topological polar surface area (TPSA) is 49.4 Å². The van der Waals surface area contributed by atoms with Gasteiger partial charge in [-0.25, -0.2) is 4.39 Å². The molecule has 0 saturated carbocycles. The fourth-order valence-corrected chi connectivity index (χ4v) is 1.73. The van der Waals surface area contributed by atoms with Crippen molar-refractivity contribution >= 4 is 29.1 Å². The summed E-state index contributed by atoms with van der Waals surface area (Å²) in [6.45, 7) is 3.79. The Morgan fingerprint density at radius 3 is 2.63 bits per heavy atom. The van der Waals surface area contributed by atoms with Gasteiger partial charge < -0.3 is 10.2 Å². The number of carbonyl (C=O) groups excluding carboxylic acids is 2. The van der Waals surface area contributed by atoms with Crippen molar-refractivity contribution in [2.45, 2.75) is 20.3 Å². The first-order valence-electron chi connectivity index (χ1n) is 5.95. The minimum absolute atomic E-state index is 0.0404. The highest BCUT2D eigenvalue weighted by molar-refractivity contribution is 6.31. The quantitative estimate of drug-likeness (QED) is 0.903. The fourth-order valence-electron chi connectivity index (χ4n) is 1.55. The molecule has 0 atom stereocenters. The van der Waals surface area contributed by atoms with E-state index in [1.54, 1.807) is 6.92 Å². The van der Waals surface area contributed by atoms with Gasteiger partial charge in [-0.1, -0.05) is 18.5 Å². The van der Waals surface area contributed by atoms with E-state index in [4.69, 9.17) is 11.6 Å². The summed E-state index contributed by atoms with van der Waals surface area (Å²) >= 11 is 5.69. The summed E-state index contributed by atoms with van der Waals surface area (Å²) in [5, 5.41) is 2.63. The maximum atomic E-state index is 13.1. The normalized spacial score (nSPS) is 10.1. The van der Waals surface area contributed by atoms with E-state index in [-0.39, 0.29) is 16.8 Å². The lowest BCUT2D eigenvalue weighted by molar-refractivity contribution is -0.121. The van der Waals surface area contributed by atoms with E-state index in [2.05, 4.69) is 5.32 Å². The highest BCUT2D eigenvalue weighted by Crippen LogP contribution is 2.22. The van der Waals surface area contributed by atoms with E-state index in [0.717, 1.165) is 0 Å². The molecule has 0 radical (unpaired) electrons. The summed E-state index contributed by atoms with van der Waals surface area (Å²) in [6.07, 6.45) is 0.391. The molecular formula is C13H16ClFN2O2. The van der Waals surface area contributed by atoms with Crippen molar-refractivity contribution in [1.82, 2.24) is 5.32 Å². The summed E-state index contributed by atoms with van der Waals surface area (Å²) in [5.74, 6) is -0.817. The third-order valence-corrected chi connectivity index (χ3v) is 2.86. The summed E-state index contributed by atoms with van der Waals surface area (Å²) in [5.41, 5.74) is 0.504. The molecule has 0 aromatic heterocycles. The van der Waals surface area contributed by atoms with Crippen molar-refractivity contribution in [3.63, 3.8) is 0 Å². The van der Waals surface area contributed by atoms with Crippen LogP contribution in [0.5, 0.6) is 0 Å². The first-order chi connectivity index (χ1) is 8.95. The molecule has 0 aliphatic heterocycles. The van der Waals surface area contributed by atoms with Crippen LogP contribution >= 0.6 is 11.6 Å². The summed E-state index contributed by atoms with van der Waals surface area (Å²) < 4.78 is 13.1. The predicted molar refractivity (Wildman–Crippen MR) is 72.7 cm³/mol. The van der Waals surface area contributed by atoms with Crippen LogP contribution in [0.15, 0.2) is 18.2 Å². The summed E-state index contributed by atoms with van der Waals surface area (Å²) in [7, 11) is 0. The number of rotatable bonds is 5. The van der Waals surface area contributed by atoms with E-state index in [1.807, 2.05) is 0 Å². The zero-order chi connectivity index (χ0) is 14.4. The zero-order valence-corrected chi connectivity index (χ0v) is 11.6. The molecule has 0 spiro atoms. The molecule has 0 fully saturated rings. The van der Waals surface area contributed by atoms with Gasteiger partial charge in [-0.15, -0.1) is 0 Å². The molecule has 1 rings (SSSR count). The van der Waals surface area contributed by atoms with Gasteiger partial charge in [-0.2, -0.15) is 0 Å². The number of benzene rings is 1. The molecule has 0 bridgehead atoms.